The van der Waals surface area contributed by atoms with E-state index >= 15 is 0 Å². The quantitative estimate of drug-likeness (QED) is 0.836. The second-order valence-electron chi connectivity index (χ2n) is 4.03. The van der Waals surface area contributed by atoms with Gasteiger partial charge in [0.05, 0.1) is 10.7 Å². The third-order valence-corrected chi connectivity index (χ3v) is 3.30. The molecule has 0 spiro atoms. The Morgan fingerprint density at radius 3 is 2.71 bits per heavy atom. The summed E-state index contributed by atoms with van der Waals surface area (Å²) in [7, 11) is 0. The summed E-state index contributed by atoms with van der Waals surface area (Å²) in [6.07, 6.45) is 2.11. The first-order valence-corrected chi connectivity index (χ1v) is 5.98. The molecular weight excluding hydrogens is 264 g/mol. The van der Waals surface area contributed by atoms with Crippen molar-refractivity contribution in [2.24, 2.45) is 0 Å². The van der Waals surface area contributed by atoms with Crippen molar-refractivity contribution in [1.29, 1.82) is 0 Å². The Labute approximate surface area is 107 Å². The van der Waals surface area contributed by atoms with Gasteiger partial charge in [-0.3, -0.25) is 4.57 Å². The average molecular weight is 272 g/mol. The number of benzene rings is 1. The van der Waals surface area contributed by atoms with Crippen molar-refractivity contribution < 1.29 is 4.39 Å². The highest BCUT2D eigenvalue weighted by atomic mass is 35.5. The number of halogens is 3. The van der Waals surface area contributed by atoms with Crippen molar-refractivity contribution in [1.82, 2.24) is 14.8 Å². The number of hydrogen-bond donors (Lipinski definition) is 0. The van der Waals surface area contributed by atoms with Crippen LogP contribution in [0, 0.1) is 5.82 Å². The standard InChI is InChI=1S/C11H8Cl2FN3/c12-8-4-3-7(14)5-9(8)17-10(6-1-2-6)15-16-11(17)13/h3-6H,1-2H2. The summed E-state index contributed by atoms with van der Waals surface area (Å²) in [5, 5.41) is 8.48. The third-order valence-electron chi connectivity index (χ3n) is 2.74. The Kier molecular flexibility index (Phi) is 2.56. The Balaban J connectivity index is 2.19. The van der Waals surface area contributed by atoms with Gasteiger partial charge in [0.25, 0.3) is 0 Å². The molecule has 1 heterocycles. The van der Waals surface area contributed by atoms with Crippen LogP contribution in [0.3, 0.4) is 0 Å². The third kappa shape index (κ3) is 1.91. The van der Waals surface area contributed by atoms with E-state index in [1.165, 1.54) is 18.2 Å². The molecule has 2 aromatic rings. The Morgan fingerprint density at radius 1 is 1.24 bits per heavy atom. The molecule has 1 fully saturated rings. The largest absolute Gasteiger partial charge is 0.268 e. The van der Waals surface area contributed by atoms with Crippen molar-refractivity contribution in [3.63, 3.8) is 0 Å². The van der Waals surface area contributed by atoms with Crippen LogP contribution in [-0.4, -0.2) is 14.8 Å². The zero-order valence-electron chi connectivity index (χ0n) is 8.70. The summed E-state index contributed by atoms with van der Waals surface area (Å²) < 4.78 is 14.9. The Hall–Kier alpha value is -1.13. The zero-order chi connectivity index (χ0) is 12.0. The van der Waals surface area contributed by atoms with E-state index in [1.807, 2.05) is 0 Å². The summed E-state index contributed by atoms with van der Waals surface area (Å²) in [5.41, 5.74) is 0.489. The van der Waals surface area contributed by atoms with Crippen LogP contribution in [0.15, 0.2) is 18.2 Å². The van der Waals surface area contributed by atoms with Gasteiger partial charge < -0.3 is 0 Å². The van der Waals surface area contributed by atoms with Gasteiger partial charge in [0, 0.05) is 5.92 Å². The van der Waals surface area contributed by atoms with E-state index in [4.69, 9.17) is 23.2 Å². The van der Waals surface area contributed by atoms with Crippen LogP contribution in [0.2, 0.25) is 10.3 Å². The lowest BCUT2D eigenvalue weighted by molar-refractivity contribution is 0.626. The second kappa shape index (κ2) is 3.96. The van der Waals surface area contributed by atoms with Gasteiger partial charge in [-0.1, -0.05) is 11.6 Å². The Bertz CT molecular complexity index is 578. The topological polar surface area (TPSA) is 30.7 Å². The van der Waals surface area contributed by atoms with E-state index in [0.29, 0.717) is 16.6 Å². The van der Waals surface area contributed by atoms with E-state index in [1.54, 1.807) is 4.57 Å². The van der Waals surface area contributed by atoms with Gasteiger partial charge in [0.1, 0.15) is 11.6 Å². The molecule has 0 amide bonds. The lowest BCUT2D eigenvalue weighted by Crippen LogP contribution is -2.01. The smallest absolute Gasteiger partial charge is 0.229 e. The molecule has 1 aliphatic rings. The van der Waals surface area contributed by atoms with Crippen molar-refractivity contribution in [3.05, 3.63) is 40.1 Å². The molecule has 1 aromatic carbocycles. The van der Waals surface area contributed by atoms with Gasteiger partial charge in [-0.25, -0.2) is 4.39 Å². The van der Waals surface area contributed by atoms with Crippen molar-refractivity contribution in [3.8, 4) is 5.69 Å². The lowest BCUT2D eigenvalue weighted by atomic mass is 10.3. The van der Waals surface area contributed by atoms with E-state index < -0.39 is 0 Å². The summed E-state index contributed by atoms with van der Waals surface area (Å²) in [6, 6.07) is 4.14. The van der Waals surface area contributed by atoms with Crippen LogP contribution in [0.25, 0.3) is 5.69 Å². The fourth-order valence-corrected chi connectivity index (χ4v) is 2.18. The lowest BCUT2D eigenvalue weighted by Gasteiger charge is -2.09. The molecule has 0 bridgehead atoms. The zero-order valence-corrected chi connectivity index (χ0v) is 10.2. The van der Waals surface area contributed by atoms with Crippen molar-refractivity contribution in [2.45, 2.75) is 18.8 Å². The maximum absolute atomic E-state index is 13.3. The predicted octanol–water partition coefficient (Wildman–Crippen LogP) is 3.59. The summed E-state index contributed by atoms with van der Waals surface area (Å²) in [4.78, 5) is 0. The molecule has 0 aliphatic heterocycles. The van der Waals surface area contributed by atoms with E-state index in [-0.39, 0.29) is 11.1 Å². The first-order valence-electron chi connectivity index (χ1n) is 5.23. The second-order valence-corrected chi connectivity index (χ2v) is 4.78. The van der Waals surface area contributed by atoms with Gasteiger partial charge in [0.15, 0.2) is 0 Å². The van der Waals surface area contributed by atoms with E-state index in [9.17, 15) is 4.39 Å². The number of hydrogen-bond acceptors (Lipinski definition) is 2. The van der Waals surface area contributed by atoms with Crippen LogP contribution in [-0.2, 0) is 0 Å². The molecular formula is C11H8Cl2FN3. The highest BCUT2D eigenvalue weighted by Crippen LogP contribution is 2.41. The average Bonchev–Trinajstić information content (AvgIpc) is 3.07. The van der Waals surface area contributed by atoms with Crippen LogP contribution in [0.4, 0.5) is 4.39 Å². The van der Waals surface area contributed by atoms with Gasteiger partial charge in [0.2, 0.25) is 5.28 Å². The Morgan fingerprint density at radius 2 is 2.00 bits per heavy atom. The van der Waals surface area contributed by atoms with Gasteiger partial charge in [-0.05, 0) is 42.6 Å². The molecule has 3 nitrogen and oxygen atoms in total. The highest BCUT2D eigenvalue weighted by molar-refractivity contribution is 6.33. The minimum absolute atomic E-state index is 0.208. The monoisotopic (exact) mass is 271 g/mol. The van der Waals surface area contributed by atoms with E-state index in [0.717, 1.165) is 18.7 Å². The molecule has 1 aromatic heterocycles. The van der Waals surface area contributed by atoms with Gasteiger partial charge in [-0.15, -0.1) is 10.2 Å². The molecule has 0 atom stereocenters. The number of nitrogens with zero attached hydrogens (tertiary/aromatic N) is 3. The fraction of sp³-hybridized carbons (Fsp3) is 0.273. The highest BCUT2D eigenvalue weighted by Gasteiger charge is 2.31. The molecule has 1 aliphatic carbocycles. The van der Waals surface area contributed by atoms with E-state index in [2.05, 4.69) is 10.2 Å². The van der Waals surface area contributed by atoms with Gasteiger partial charge >= 0.3 is 0 Å². The molecule has 0 unspecified atom stereocenters. The fourth-order valence-electron chi connectivity index (χ4n) is 1.76. The maximum atomic E-state index is 13.3. The molecule has 3 rings (SSSR count). The molecule has 1 saturated carbocycles. The first kappa shape index (κ1) is 11.0. The molecule has 0 saturated heterocycles. The van der Waals surface area contributed by atoms with Crippen LogP contribution in [0.1, 0.15) is 24.6 Å². The van der Waals surface area contributed by atoms with Gasteiger partial charge in [-0.2, -0.15) is 0 Å². The summed E-state index contributed by atoms with van der Waals surface area (Å²) >= 11 is 12.0. The molecule has 88 valence electrons. The molecule has 17 heavy (non-hydrogen) atoms. The van der Waals surface area contributed by atoms with Crippen LogP contribution in [0.5, 0.6) is 0 Å². The minimum Gasteiger partial charge on any atom is -0.268 e. The number of rotatable bonds is 2. The number of aromatic nitrogens is 3. The molecule has 0 radical (unpaired) electrons. The normalized spacial score (nSPS) is 15.2. The minimum atomic E-state index is -0.365. The molecule has 0 N–H and O–H groups in total. The van der Waals surface area contributed by atoms with Crippen molar-refractivity contribution >= 4 is 23.2 Å². The molecule has 6 heteroatoms. The summed E-state index contributed by atoms with van der Waals surface area (Å²) in [6.45, 7) is 0. The van der Waals surface area contributed by atoms with Crippen LogP contribution >= 0.6 is 23.2 Å². The summed E-state index contributed by atoms with van der Waals surface area (Å²) in [5.74, 6) is 0.743. The maximum Gasteiger partial charge on any atom is 0.229 e. The first-order chi connectivity index (χ1) is 8.16. The van der Waals surface area contributed by atoms with Crippen LogP contribution < -0.4 is 0 Å². The predicted molar refractivity (Wildman–Crippen MR) is 63.3 cm³/mol. The SMILES string of the molecule is Fc1ccc(Cl)c(-n2c(Cl)nnc2C2CC2)c1. The van der Waals surface area contributed by atoms with Crippen molar-refractivity contribution in [2.75, 3.05) is 0 Å².